The van der Waals surface area contributed by atoms with Crippen molar-refractivity contribution in [2.75, 3.05) is 26.4 Å². The molecule has 0 fully saturated rings. The van der Waals surface area contributed by atoms with Crippen LogP contribution >= 0.6 is 0 Å². The Morgan fingerprint density at radius 2 is 0.702 bits per heavy atom. The number of benzene rings is 4. The first-order chi connectivity index (χ1) is 22.7. The van der Waals surface area contributed by atoms with Crippen LogP contribution in [0.1, 0.15) is 57.9 Å². The summed E-state index contributed by atoms with van der Waals surface area (Å²) in [6.07, 6.45) is 2.05. The highest BCUT2D eigenvalue weighted by Gasteiger charge is 2.22. The predicted molar refractivity (Wildman–Crippen MR) is 172 cm³/mol. The number of rotatable bonds is 12. The summed E-state index contributed by atoms with van der Waals surface area (Å²) in [5.41, 5.74) is 6.00. The molecule has 0 spiro atoms. The quantitative estimate of drug-likeness (QED) is 0.159. The van der Waals surface area contributed by atoms with E-state index in [-0.39, 0.29) is 12.8 Å². The first-order valence-electron chi connectivity index (χ1n) is 15.3. The van der Waals surface area contributed by atoms with Gasteiger partial charge in [0.1, 0.15) is 23.0 Å². The lowest BCUT2D eigenvalue weighted by atomic mass is 9.91. The number of fused-ring (bicyclic) bond motifs is 8. The van der Waals surface area contributed by atoms with Gasteiger partial charge in [-0.25, -0.2) is 14.4 Å². The smallest absolute Gasteiger partial charge is 0.341 e. The van der Waals surface area contributed by atoms with Crippen LogP contribution in [0.5, 0.6) is 23.0 Å². The third-order valence-electron chi connectivity index (χ3n) is 7.71. The van der Waals surface area contributed by atoms with Crippen LogP contribution in [-0.2, 0) is 40.1 Å². The first-order valence-corrected chi connectivity index (χ1v) is 15.3. The summed E-state index contributed by atoms with van der Waals surface area (Å²) < 4.78 is 24.1. The summed E-state index contributed by atoms with van der Waals surface area (Å²) >= 11 is 0. The maximum atomic E-state index is 11.6. The standard InChI is InChI=1S/C37H36O10/c1-2-15-44-34-23-7-3-8-24(34)17-26-10-5-12-28(36(26)46-21-32(40)41)19-30-14-6-13-29(37(30)47-22-33(42)43)18-27-11-4-9-25(16-23)35(27)45-20-31(38)39/h3-14H,2,15-22H2,1H3,(H,38,39)(H,40,41)(H,42,43). The van der Waals surface area contributed by atoms with Gasteiger partial charge in [-0.15, -0.1) is 0 Å². The van der Waals surface area contributed by atoms with Crippen LogP contribution in [0.25, 0.3) is 0 Å². The molecule has 0 radical (unpaired) electrons. The van der Waals surface area contributed by atoms with E-state index in [1.165, 1.54) is 0 Å². The second kappa shape index (κ2) is 15.2. The zero-order valence-electron chi connectivity index (χ0n) is 26.0. The van der Waals surface area contributed by atoms with Gasteiger partial charge in [0.2, 0.25) is 0 Å². The maximum absolute atomic E-state index is 11.6. The SMILES string of the molecule is CCCOc1c2cccc1Cc1cccc(c1OCC(=O)O)Cc1cccc(c1OCC(=O)O)Cc1cccc(c1OCC(=O)O)C2. The third kappa shape index (κ3) is 8.21. The van der Waals surface area contributed by atoms with Crippen molar-refractivity contribution in [3.63, 3.8) is 0 Å². The Hall–Kier alpha value is -5.51. The van der Waals surface area contributed by atoms with Gasteiger partial charge in [0.15, 0.2) is 19.8 Å². The molecule has 0 atom stereocenters. The number of ether oxygens (including phenoxy) is 4. The molecule has 0 unspecified atom stereocenters. The van der Waals surface area contributed by atoms with E-state index < -0.39 is 37.7 Å². The molecule has 8 bridgehead atoms. The number of hydrogen-bond donors (Lipinski definition) is 3. The normalized spacial score (nSPS) is 12.1. The van der Waals surface area contributed by atoms with Gasteiger partial charge in [0.25, 0.3) is 0 Å². The lowest BCUT2D eigenvalue weighted by molar-refractivity contribution is -0.140. The molecule has 10 heteroatoms. The molecular weight excluding hydrogens is 604 g/mol. The van der Waals surface area contributed by atoms with Crippen molar-refractivity contribution < 1.29 is 48.7 Å². The fraction of sp³-hybridized carbons (Fsp3) is 0.270. The number of aliphatic carboxylic acids is 3. The summed E-state index contributed by atoms with van der Waals surface area (Å²) in [6.45, 7) is 0.831. The molecule has 1 aliphatic carbocycles. The van der Waals surface area contributed by atoms with E-state index in [9.17, 15) is 29.7 Å². The van der Waals surface area contributed by atoms with Gasteiger partial charge in [-0.05, 0) is 50.9 Å². The van der Waals surface area contributed by atoms with Crippen LogP contribution < -0.4 is 18.9 Å². The second-order valence-electron chi connectivity index (χ2n) is 11.2. The molecular formula is C37H36O10. The van der Waals surface area contributed by atoms with E-state index in [0.29, 0.717) is 64.7 Å². The van der Waals surface area contributed by atoms with Crippen molar-refractivity contribution in [2.45, 2.75) is 39.0 Å². The Morgan fingerprint density at radius 1 is 0.468 bits per heavy atom. The first kappa shape index (κ1) is 32.9. The van der Waals surface area contributed by atoms with E-state index in [1.54, 1.807) is 0 Å². The average molecular weight is 641 g/mol. The van der Waals surface area contributed by atoms with Gasteiger partial charge in [0, 0.05) is 25.7 Å². The van der Waals surface area contributed by atoms with Gasteiger partial charge in [0.05, 0.1) is 6.61 Å². The molecule has 1 aliphatic rings. The molecule has 0 amide bonds. The van der Waals surface area contributed by atoms with Gasteiger partial charge >= 0.3 is 17.9 Å². The minimum atomic E-state index is -1.14. The van der Waals surface area contributed by atoms with Crippen LogP contribution in [0.2, 0.25) is 0 Å². The molecule has 244 valence electrons. The Morgan fingerprint density at radius 3 is 0.915 bits per heavy atom. The molecule has 0 saturated carbocycles. The third-order valence-corrected chi connectivity index (χ3v) is 7.71. The van der Waals surface area contributed by atoms with Crippen molar-refractivity contribution in [2.24, 2.45) is 0 Å². The highest BCUT2D eigenvalue weighted by Crippen LogP contribution is 2.38. The zero-order chi connectivity index (χ0) is 33.3. The van der Waals surface area contributed by atoms with Gasteiger partial charge in [-0.2, -0.15) is 0 Å². The van der Waals surface area contributed by atoms with E-state index >= 15 is 0 Å². The molecule has 4 aromatic rings. The van der Waals surface area contributed by atoms with Crippen molar-refractivity contribution >= 4 is 17.9 Å². The lowest BCUT2D eigenvalue weighted by Crippen LogP contribution is -2.15. The zero-order valence-corrected chi connectivity index (χ0v) is 26.0. The summed E-state index contributed by atoms with van der Waals surface area (Å²) in [4.78, 5) is 34.9. The summed E-state index contributed by atoms with van der Waals surface area (Å²) in [6, 6.07) is 22.6. The monoisotopic (exact) mass is 640 g/mol. The second-order valence-corrected chi connectivity index (χ2v) is 11.2. The summed E-state index contributed by atoms with van der Waals surface area (Å²) in [7, 11) is 0. The molecule has 3 N–H and O–H groups in total. The van der Waals surface area contributed by atoms with Crippen molar-refractivity contribution in [1.82, 2.24) is 0 Å². The number of carbonyl (C=O) groups is 3. The number of carboxylic acid groups (broad SMARTS) is 3. The molecule has 0 heterocycles. The maximum Gasteiger partial charge on any atom is 0.341 e. The van der Waals surface area contributed by atoms with Crippen LogP contribution in [-0.4, -0.2) is 59.7 Å². The van der Waals surface area contributed by atoms with Crippen molar-refractivity contribution in [3.05, 3.63) is 117 Å². The average Bonchev–Trinajstić information content (AvgIpc) is 3.03. The van der Waals surface area contributed by atoms with Crippen molar-refractivity contribution in [1.29, 1.82) is 0 Å². The van der Waals surface area contributed by atoms with Gasteiger partial charge in [-0.1, -0.05) is 79.7 Å². The molecule has 4 aromatic carbocycles. The summed E-state index contributed by atoms with van der Waals surface area (Å²) in [5.74, 6) is -1.45. The van der Waals surface area contributed by atoms with E-state index in [1.807, 2.05) is 79.7 Å². The van der Waals surface area contributed by atoms with E-state index in [4.69, 9.17) is 18.9 Å². The lowest BCUT2D eigenvalue weighted by Gasteiger charge is -2.22. The number of carboxylic acids is 3. The highest BCUT2D eigenvalue weighted by atomic mass is 16.5. The number of para-hydroxylation sites is 4. The topological polar surface area (TPSA) is 149 Å². The Kier molecular flexibility index (Phi) is 10.6. The van der Waals surface area contributed by atoms with Crippen LogP contribution in [0.4, 0.5) is 0 Å². The molecule has 5 rings (SSSR count). The van der Waals surface area contributed by atoms with Crippen LogP contribution in [0.3, 0.4) is 0 Å². The Labute approximate surface area is 272 Å². The largest absolute Gasteiger partial charge is 0.493 e. The molecule has 0 aromatic heterocycles. The van der Waals surface area contributed by atoms with E-state index in [2.05, 4.69) is 0 Å². The Bertz CT molecular complexity index is 1670. The van der Waals surface area contributed by atoms with Crippen molar-refractivity contribution in [3.8, 4) is 23.0 Å². The van der Waals surface area contributed by atoms with Gasteiger partial charge < -0.3 is 34.3 Å². The Balaban J connectivity index is 1.75. The minimum absolute atomic E-state index is 0.257. The number of hydrogen-bond acceptors (Lipinski definition) is 7. The highest BCUT2D eigenvalue weighted by molar-refractivity contribution is 5.70. The molecule has 0 saturated heterocycles. The molecule has 0 aliphatic heterocycles. The molecule has 47 heavy (non-hydrogen) atoms. The van der Waals surface area contributed by atoms with E-state index in [0.717, 1.165) is 28.7 Å². The summed E-state index contributed by atoms with van der Waals surface area (Å²) in [5, 5.41) is 28.5. The fourth-order valence-corrected chi connectivity index (χ4v) is 5.83. The van der Waals surface area contributed by atoms with Gasteiger partial charge in [-0.3, -0.25) is 0 Å². The minimum Gasteiger partial charge on any atom is -0.493 e. The fourth-order valence-electron chi connectivity index (χ4n) is 5.83. The molecule has 10 nitrogen and oxygen atoms in total. The van der Waals surface area contributed by atoms with Crippen LogP contribution in [0, 0.1) is 0 Å². The van der Waals surface area contributed by atoms with Crippen LogP contribution in [0.15, 0.2) is 72.8 Å². The predicted octanol–water partition coefficient (Wildman–Crippen LogP) is 5.54.